The highest BCUT2D eigenvalue weighted by Crippen LogP contribution is 2.16. The number of rotatable bonds is 6. The van der Waals surface area contributed by atoms with Crippen LogP contribution in [0.25, 0.3) is 0 Å². The predicted octanol–water partition coefficient (Wildman–Crippen LogP) is 2.88. The molecule has 0 radical (unpaired) electrons. The smallest absolute Gasteiger partial charge is 0.188 e. The number of hydrogen-bond acceptors (Lipinski definition) is 5. The molecule has 0 bridgehead atoms. The molecule has 0 fully saturated rings. The van der Waals surface area contributed by atoms with E-state index in [4.69, 9.17) is 4.42 Å². The summed E-state index contributed by atoms with van der Waals surface area (Å²) in [5, 5.41) is 4.19. The van der Waals surface area contributed by atoms with Crippen molar-refractivity contribution in [2.45, 2.75) is 32.5 Å². The summed E-state index contributed by atoms with van der Waals surface area (Å²) in [7, 11) is 0. The lowest BCUT2D eigenvalue weighted by Gasteiger charge is -2.07. The molecule has 0 unspecified atom stereocenters. The van der Waals surface area contributed by atoms with Crippen molar-refractivity contribution < 1.29 is 4.42 Å². The molecule has 0 saturated heterocycles. The molecule has 2 aromatic heterocycles. The Morgan fingerprint density at radius 2 is 1.95 bits per heavy atom. The summed E-state index contributed by atoms with van der Waals surface area (Å²) >= 11 is 1.68. The minimum absolute atomic E-state index is 0.764. The van der Waals surface area contributed by atoms with Gasteiger partial charge in [-0.3, -0.25) is 0 Å². The van der Waals surface area contributed by atoms with E-state index in [1.165, 1.54) is 5.56 Å². The second-order valence-electron chi connectivity index (χ2n) is 4.41. The van der Waals surface area contributed by atoms with Crippen LogP contribution in [0.5, 0.6) is 0 Å². The third-order valence-electron chi connectivity index (χ3n) is 3.00. The van der Waals surface area contributed by atoms with Gasteiger partial charge < -0.3 is 9.73 Å². The number of aromatic nitrogens is 2. The van der Waals surface area contributed by atoms with Gasteiger partial charge in [-0.15, -0.1) is 0 Å². The average Bonchev–Trinajstić information content (AvgIpc) is 2.88. The molecule has 5 heteroatoms. The van der Waals surface area contributed by atoms with E-state index in [-0.39, 0.29) is 0 Å². The lowest BCUT2D eigenvalue weighted by atomic mass is 10.2. The number of thioether (sulfide) groups is 1. The van der Waals surface area contributed by atoms with Gasteiger partial charge in [-0.2, -0.15) is 0 Å². The molecule has 0 aliphatic carbocycles. The normalized spacial score (nSPS) is 10.9. The van der Waals surface area contributed by atoms with Gasteiger partial charge in [0.2, 0.25) is 0 Å². The summed E-state index contributed by atoms with van der Waals surface area (Å²) in [5.74, 6) is 1.91. The third-order valence-corrected chi connectivity index (χ3v) is 3.85. The molecule has 102 valence electrons. The van der Waals surface area contributed by atoms with Crippen molar-refractivity contribution in [2.24, 2.45) is 0 Å². The Balaban J connectivity index is 1.74. The standard InChI is InChI=1S/C14H19N3OS/c1-10-11(2)16-14(17-12(10)3)19-8-6-15-9-13-5-4-7-18-13/h4-5,7,15H,6,8-9H2,1-3H3. The Morgan fingerprint density at radius 3 is 2.58 bits per heavy atom. The second-order valence-corrected chi connectivity index (χ2v) is 5.47. The van der Waals surface area contributed by atoms with Crippen LogP contribution in [0.4, 0.5) is 0 Å². The Kier molecular flexibility index (Phi) is 4.99. The molecule has 0 aliphatic heterocycles. The SMILES string of the molecule is Cc1nc(SCCNCc2ccco2)nc(C)c1C. The highest BCUT2D eigenvalue weighted by atomic mass is 32.2. The molecule has 4 nitrogen and oxygen atoms in total. The lowest BCUT2D eigenvalue weighted by molar-refractivity contribution is 0.488. The van der Waals surface area contributed by atoms with E-state index in [0.717, 1.165) is 41.1 Å². The van der Waals surface area contributed by atoms with E-state index in [2.05, 4.69) is 22.2 Å². The summed E-state index contributed by atoms with van der Waals surface area (Å²) in [4.78, 5) is 8.97. The molecule has 0 saturated carbocycles. The number of hydrogen-bond donors (Lipinski definition) is 1. The van der Waals surface area contributed by atoms with Crippen molar-refractivity contribution in [3.63, 3.8) is 0 Å². The number of nitrogens with zero attached hydrogens (tertiary/aromatic N) is 2. The Hall–Kier alpha value is -1.33. The van der Waals surface area contributed by atoms with E-state index in [9.17, 15) is 0 Å². The molecular weight excluding hydrogens is 258 g/mol. The molecule has 1 N–H and O–H groups in total. The largest absolute Gasteiger partial charge is 0.468 e. The summed E-state index contributed by atoms with van der Waals surface area (Å²) in [6.45, 7) is 7.79. The van der Waals surface area contributed by atoms with E-state index in [1.807, 2.05) is 26.0 Å². The summed E-state index contributed by atoms with van der Waals surface area (Å²) < 4.78 is 5.25. The minimum atomic E-state index is 0.764. The van der Waals surface area contributed by atoms with E-state index in [1.54, 1.807) is 18.0 Å². The van der Waals surface area contributed by atoms with Crippen LogP contribution in [0.1, 0.15) is 22.7 Å². The van der Waals surface area contributed by atoms with Crippen LogP contribution in [0.3, 0.4) is 0 Å². The summed E-state index contributed by atoms with van der Waals surface area (Å²) in [5.41, 5.74) is 3.32. The van der Waals surface area contributed by atoms with Crippen LogP contribution in [-0.4, -0.2) is 22.3 Å². The van der Waals surface area contributed by atoms with Gasteiger partial charge in [0.15, 0.2) is 5.16 Å². The van der Waals surface area contributed by atoms with Crippen LogP contribution in [0.15, 0.2) is 28.0 Å². The van der Waals surface area contributed by atoms with Crippen LogP contribution in [0, 0.1) is 20.8 Å². The van der Waals surface area contributed by atoms with Crippen molar-refractivity contribution in [3.8, 4) is 0 Å². The molecule has 0 aromatic carbocycles. The zero-order valence-corrected chi connectivity index (χ0v) is 12.4. The van der Waals surface area contributed by atoms with Gasteiger partial charge in [0.25, 0.3) is 0 Å². The maximum atomic E-state index is 5.25. The lowest BCUT2D eigenvalue weighted by Crippen LogP contribution is -2.16. The first-order valence-electron chi connectivity index (χ1n) is 6.34. The minimum Gasteiger partial charge on any atom is -0.468 e. The first-order chi connectivity index (χ1) is 9.16. The van der Waals surface area contributed by atoms with Crippen LogP contribution in [-0.2, 0) is 6.54 Å². The zero-order valence-electron chi connectivity index (χ0n) is 11.6. The van der Waals surface area contributed by atoms with Gasteiger partial charge in [0, 0.05) is 23.7 Å². The van der Waals surface area contributed by atoms with Gasteiger partial charge in [0.05, 0.1) is 12.8 Å². The Bertz CT molecular complexity index is 502. The second kappa shape index (κ2) is 6.73. The number of furan rings is 1. The monoisotopic (exact) mass is 277 g/mol. The van der Waals surface area contributed by atoms with E-state index in [0.29, 0.717) is 0 Å². The van der Waals surface area contributed by atoms with Crippen molar-refractivity contribution in [1.29, 1.82) is 0 Å². The molecule has 0 atom stereocenters. The average molecular weight is 277 g/mol. The summed E-state index contributed by atoms with van der Waals surface area (Å²) in [6.07, 6.45) is 1.69. The molecule has 0 aliphatic rings. The van der Waals surface area contributed by atoms with Gasteiger partial charge in [-0.05, 0) is 38.5 Å². The van der Waals surface area contributed by atoms with Crippen LogP contribution >= 0.6 is 11.8 Å². The fourth-order valence-electron chi connectivity index (χ4n) is 1.65. The molecule has 19 heavy (non-hydrogen) atoms. The molecule has 0 amide bonds. The highest BCUT2D eigenvalue weighted by Gasteiger charge is 2.04. The van der Waals surface area contributed by atoms with Crippen molar-refractivity contribution >= 4 is 11.8 Å². The van der Waals surface area contributed by atoms with Gasteiger partial charge in [-0.1, -0.05) is 11.8 Å². The quantitative estimate of drug-likeness (QED) is 0.500. The maximum absolute atomic E-state index is 5.25. The van der Waals surface area contributed by atoms with Gasteiger partial charge in [-0.25, -0.2) is 9.97 Å². The molecular formula is C14H19N3OS. The Labute approximate surface area is 118 Å². The van der Waals surface area contributed by atoms with Gasteiger partial charge >= 0.3 is 0 Å². The van der Waals surface area contributed by atoms with Crippen molar-refractivity contribution in [2.75, 3.05) is 12.3 Å². The molecule has 2 aromatic rings. The predicted molar refractivity (Wildman–Crippen MR) is 77.4 cm³/mol. The molecule has 2 heterocycles. The Morgan fingerprint density at radius 1 is 1.21 bits per heavy atom. The summed E-state index contributed by atoms with van der Waals surface area (Å²) in [6, 6.07) is 3.87. The van der Waals surface area contributed by atoms with Gasteiger partial charge in [0.1, 0.15) is 5.76 Å². The molecule has 2 rings (SSSR count). The highest BCUT2D eigenvalue weighted by molar-refractivity contribution is 7.99. The third kappa shape index (κ3) is 4.08. The topological polar surface area (TPSA) is 51.0 Å². The first kappa shape index (κ1) is 14.1. The van der Waals surface area contributed by atoms with Crippen molar-refractivity contribution in [1.82, 2.24) is 15.3 Å². The zero-order chi connectivity index (χ0) is 13.7. The number of nitrogens with one attached hydrogen (secondary N) is 1. The van der Waals surface area contributed by atoms with Crippen LogP contribution < -0.4 is 5.32 Å². The maximum Gasteiger partial charge on any atom is 0.188 e. The number of aryl methyl sites for hydroxylation is 2. The van der Waals surface area contributed by atoms with Crippen molar-refractivity contribution in [3.05, 3.63) is 41.1 Å². The van der Waals surface area contributed by atoms with Crippen LogP contribution in [0.2, 0.25) is 0 Å². The fourth-order valence-corrected chi connectivity index (χ4v) is 2.48. The fraction of sp³-hybridized carbons (Fsp3) is 0.429. The van der Waals surface area contributed by atoms with E-state index >= 15 is 0 Å². The molecule has 0 spiro atoms. The first-order valence-corrected chi connectivity index (χ1v) is 7.33. The van der Waals surface area contributed by atoms with E-state index < -0.39 is 0 Å².